The lowest BCUT2D eigenvalue weighted by molar-refractivity contribution is 0.0845. The van der Waals surface area contributed by atoms with E-state index in [0.29, 0.717) is 30.2 Å². The zero-order chi connectivity index (χ0) is 12.8. The van der Waals surface area contributed by atoms with Crippen molar-refractivity contribution in [2.45, 2.75) is 20.0 Å². The van der Waals surface area contributed by atoms with E-state index in [9.17, 15) is 0 Å². The third-order valence-electron chi connectivity index (χ3n) is 2.25. The Bertz CT molecular complexity index is 411. The number of hydrogen-bond acceptors (Lipinski definition) is 5. The second kappa shape index (κ2) is 6.06. The number of ether oxygens (including phenoxy) is 1. The van der Waals surface area contributed by atoms with Gasteiger partial charge in [-0.15, -0.1) is 0 Å². The maximum atomic E-state index is 9.00. The first-order chi connectivity index (χ1) is 8.04. The molecule has 0 saturated carbocycles. The van der Waals surface area contributed by atoms with Gasteiger partial charge in [-0.3, -0.25) is 0 Å². The molecule has 1 heterocycles. The minimum atomic E-state index is 0.207. The van der Waals surface area contributed by atoms with Gasteiger partial charge in [-0.1, -0.05) is 0 Å². The van der Waals surface area contributed by atoms with Crippen LogP contribution in [0.2, 0.25) is 0 Å². The maximum absolute atomic E-state index is 9.00. The molecule has 1 rings (SSSR count). The summed E-state index contributed by atoms with van der Waals surface area (Å²) >= 11 is 0. The lowest BCUT2D eigenvalue weighted by Gasteiger charge is -2.20. The number of aromatic nitrogens is 1. The summed E-state index contributed by atoms with van der Waals surface area (Å²) in [7, 11) is 1.88. The predicted octanol–water partition coefficient (Wildman–Crippen LogP) is 1.40. The van der Waals surface area contributed by atoms with Gasteiger partial charge in [0.2, 0.25) is 0 Å². The monoisotopic (exact) mass is 234 g/mol. The first-order valence-electron chi connectivity index (χ1n) is 5.53. The SMILES string of the molecule is CC(C)OCCN(C)c1ncc(N)cc1C#N. The Morgan fingerprint density at radius 2 is 2.29 bits per heavy atom. The first kappa shape index (κ1) is 13.3. The van der Waals surface area contributed by atoms with Crippen LogP contribution >= 0.6 is 0 Å². The van der Waals surface area contributed by atoms with Crippen molar-refractivity contribution >= 4 is 11.5 Å². The zero-order valence-corrected chi connectivity index (χ0v) is 10.5. The molecule has 0 unspecified atom stereocenters. The molecule has 0 aliphatic heterocycles. The molecule has 0 amide bonds. The topological polar surface area (TPSA) is 75.2 Å². The zero-order valence-electron chi connectivity index (χ0n) is 10.5. The van der Waals surface area contributed by atoms with Crippen molar-refractivity contribution in [2.24, 2.45) is 0 Å². The average molecular weight is 234 g/mol. The summed E-state index contributed by atoms with van der Waals surface area (Å²) in [6, 6.07) is 3.72. The maximum Gasteiger partial charge on any atom is 0.146 e. The van der Waals surface area contributed by atoms with Crippen LogP contribution in [0.4, 0.5) is 11.5 Å². The molecule has 0 aliphatic rings. The van der Waals surface area contributed by atoms with Gasteiger partial charge in [-0.25, -0.2) is 4.98 Å². The van der Waals surface area contributed by atoms with E-state index in [4.69, 9.17) is 15.7 Å². The van der Waals surface area contributed by atoms with Crippen LogP contribution in [0.3, 0.4) is 0 Å². The van der Waals surface area contributed by atoms with Gasteiger partial charge in [0, 0.05) is 13.6 Å². The molecule has 2 N–H and O–H groups in total. The minimum absolute atomic E-state index is 0.207. The lowest BCUT2D eigenvalue weighted by Crippen LogP contribution is -2.25. The van der Waals surface area contributed by atoms with Gasteiger partial charge in [-0.05, 0) is 19.9 Å². The van der Waals surface area contributed by atoms with Crippen molar-refractivity contribution in [2.75, 3.05) is 30.8 Å². The van der Waals surface area contributed by atoms with E-state index in [1.54, 1.807) is 12.3 Å². The van der Waals surface area contributed by atoms with Crippen molar-refractivity contribution < 1.29 is 4.74 Å². The van der Waals surface area contributed by atoms with Crippen molar-refractivity contribution in [3.63, 3.8) is 0 Å². The van der Waals surface area contributed by atoms with Crippen LogP contribution in [0, 0.1) is 11.3 Å². The number of rotatable bonds is 5. The molecule has 0 saturated heterocycles. The number of nitrogen functional groups attached to an aromatic ring is 1. The Morgan fingerprint density at radius 1 is 1.59 bits per heavy atom. The molecule has 0 atom stereocenters. The average Bonchev–Trinajstić information content (AvgIpc) is 2.28. The van der Waals surface area contributed by atoms with Crippen LogP contribution in [0.25, 0.3) is 0 Å². The lowest BCUT2D eigenvalue weighted by atomic mass is 10.2. The van der Waals surface area contributed by atoms with Crippen LogP contribution in [-0.2, 0) is 4.74 Å². The normalized spacial score (nSPS) is 10.3. The van der Waals surface area contributed by atoms with Crippen LogP contribution in [0.15, 0.2) is 12.3 Å². The van der Waals surface area contributed by atoms with Crippen LogP contribution < -0.4 is 10.6 Å². The van der Waals surface area contributed by atoms with E-state index in [2.05, 4.69) is 11.1 Å². The quantitative estimate of drug-likeness (QED) is 0.833. The number of nitrogens with two attached hydrogens (primary N) is 1. The number of anilines is 2. The standard InChI is InChI=1S/C12H18N4O/c1-9(2)17-5-4-16(3)12-10(7-13)6-11(14)8-15-12/h6,8-9H,4-5,14H2,1-3H3. The van der Waals surface area contributed by atoms with Gasteiger partial charge in [-0.2, -0.15) is 5.26 Å². The summed E-state index contributed by atoms with van der Waals surface area (Å²) in [6.45, 7) is 5.26. The van der Waals surface area contributed by atoms with Crippen molar-refractivity contribution in [1.29, 1.82) is 5.26 Å². The highest BCUT2D eigenvalue weighted by molar-refractivity contribution is 5.58. The Morgan fingerprint density at radius 3 is 2.88 bits per heavy atom. The number of hydrogen-bond donors (Lipinski definition) is 1. The Hall–Kier alpha value is -1.80. The molecule has 5 nitrogen and oxygen atoms in total. The molecular formula is C12H18N4O. The summed E-state index contributed by atoms with van der Waals surface area (Å²) in [6.07, 6.45) is 1.76. The third-order valence-corrected chi connectivity index (χ3v) is 2.25. The predicted molar refractivity (Wildman–Crippen MR) is 67.7 cm³/mol. The van der Waals surface area contributed by atoms with Crippen LogP contribution in [-0.4, -0.2) is 31.3 Å². The number of pyridine rings is 1. The molecule has 0 spiro atoms. The summed E-state index contributed by atoms with van der Waals surface area (Å²) in [5, 5.41) is 9.00. The van der Waals surface area contributed by atoms with E-state index in [-0.39, 0.29) is 6.10 Å². The van der Waals surface area contributed by atoms with E-state index < -0.39 is 0 Å². The summed E-state index contributed by atoms with van der Waals surface area (Å²) < 4.78 is 5.45. The number of likely N-dealkylation sites (N-methyl/N-ethyl adjacent to an activating group) is 1. The minimum Gasteiger partial charge on any atom is -0.397 e. The molecule has 17 heavy (non-hydrogen) atoms. The largest absolute Gasteiger partial charge is 0.397 e. The molecule has 1 aromatic rings. The van der Waals surface area contributed by atoms with Gasteiger partial charge in [0.1, 0.15) is 11.9 Å². The molecule has 0 fully saturated rings. The molecule has 5 heteroatoms. The fourth-order valence-electron chi connectivity index (χ4n) is 1.39. The van der Waals surface area contributed by atoms with Crippen molar-refractivity contribution in [3.05, 3.63) is 17.8 Å². The second-order valence-electron chi connectivity index (χ2n) is 4.09. The Balaban J connectivity index is 2.69. The van der Waals surface area contributed by atoms with Gasteiger partial charge in [0.15, 0.2) is 0 Å². The van der Waals surface area contributed by atoms with E-state index >= 15 is 0 Å². The van der Waals surface area contributed by atoms with Gasteiger partial charge in [0.05, 0.1) is 30.2 Å². The highest BCUT2D eigenvalue weighted by Crippen LogP contribution is 2.17. The first-order valence-corrected chi connectivity index (χ1v) is 5.53. The number of nitrogens with zero attached hydrogens (tertiary/aromatic N) is 3. The van der Waals surface area contributed by atoms with Crippen molar-refractivity contribution in [1.82, 2.24) is 4.98 Å². The molecule has 92 valence electrons. The summed E-state index contributed by atoms with van der Waals surface area (Å²) in [4.78, 5) is 6.06. The fourth-order valence-corrected chi connectivity index (χ4v) is 1.39. The molecule has 0 radical (unpaired) electrons. The smallest absolute Gasteiger partial charge is 0.146 e. The fraction of sp³-hybridized carbons (Fsp3) is 0.500. The summed E-state index contributed by atoms with van der Waals surface area (Å²) in [5.74, 6) is 0.633. The summed E-state index contributed by atoms with van der Waals surface area (Å²) in [5.41, 5.74) is 6.57. The molecule has 1 aromatic heterocycles. The van der Waals surface area contributed by atoms with Gasteiger partial charge >= 0.3 is 0 Å². The third kappa shape index (κ3) is 3.93. The van der Waals surface area contributed by atoms with Crippen LogP contribution in [0.5, 0.6) is 0 Å². The number of nitriles is 1. The van der Waals surface area contributed by atoms with E-state index in [0.717, 1.165) is 0 Å². The van der Waals surface area contributed by atoms with Crippen molar-refractivity contribution in [3.8, 4) is 6.07 Å². The molecule has 0 bridgehead atoms. The van der Waals surface area contributed by atoms with Gasteiger partial charge < -0.3 is 15.4 Å². The van der Waals surface area contributed by atoms with Crippen LogP contribution in [0.1, 0.15) is 19.4 Å². The molecular weight excluding hydrogens is 216 g/mol. The Labute approximate surface area is 102 Å². The highest BCUT2D eigenvalue weighted by atomic mass is 16.5. The molecule has 0 aromatic carbocycles. The van der Waals surface area contributed by atoms with Gasteiger partial charge in [0.25, 0.3) is 0 Å². The highest BCUT2D eigenvalue weighted by Gasteiger charge is 2.09. The van der Waals surface area contributed by atoms with E-state index in [1.165, 1.54) is 0 Å². The molecule has 0 aliphatic carbocycles. The van der Waals surface area contributed by atoms with E-state index in [1.807, 2.05) is 25.8 Å². The Kier molecular flexibility index (Phi) is 4.73. The second-order valence-corrected chi connectivity index (χ2v) is 4.09.